The van der Waals surface area contributed by atoms with Crippen molar-refractivity contribution in [3.05, 3.63) is 75.5 Å². The summed E-state index contributed by atoms with van der Waals surface area (Å²) in [6, 6.07) is 12.1. The highest BCUT2D eigenvalue weighted by Crippen LogP contribution is 2.39. The molecule has 2 aromatic rings. The summed E-state index contributed by atoms with van der Waals surface area (Å²) in [6.07, 6.45) is 4.60. The smallest absolute Gasteiger partial charge is 0.363 e. The molecule has 2 heterocycles. The van der Waals surface area contributed by atoms with Crippen molar-refractivity contribution in [1.82, 2.24) is 0 Å². The first kappa shape index (κ1) is 16.5. The normalized spacial score (nSPS) is 16.7. The number of hydrogen-bond acceptors (Lipinski definition) is 7. The highest BCUT2D eigenvalue weighted by Gasteiger charge is 2.26. The average Bonchev–Trinajstić information content (AvgIpc) is 3.26. The van der Waals surface area contributed by atoms with Gasteiger partial charge in [-0.05, 0) is 23.8 Å². The minimum absolute atomic E-state index is 0.0128. The van der Waals surface area contributed by atoms with Crippen molar-refractivity contribution in [1.29, 1.82) is 0 Å². The van der Waals surface area contributed by atoms with Gasteiger partial charge in [0, 0.05) is 6.08 Å². The second-order valence-electron chi connectivity index (χ2n) is 5.63. The van der Waals surface area contributed by atoms with E-state index in [-0.39, 0.29) is 35.4 Å². The molecule has 0 fully saturated rings. The van der Waals surface area contributed by atoms with E-state index >= 15 is 0 Å². The standard InChI is InChI=1S/C19H12N2O6/c22-19-14(20-18(27-19)7-6-12-4-2-1-3-5-12)8-13-9-16-17(26-11-25-16)10-15(13)21(23)24/h1-10H,11H2/b7-6+,14-8-. The molecular weight excluding hydrogens is 352 g/mol. The number of hydrogen-bond donors (Lipinski definition) is 0. The highest BCUT2D eigenvalue weighted by atomic mass is 16.7. The summed E-state index contributed by atoms with van der Waals surface area (Å²) in [5.74, 6) is 0.0769. The summed E-state index contributed by atoms with van der Waals surface area (Å²) < 4.78 is 15.5. The quantitative estimate of drug-likeness (QED) is 0.357. The molecule has 2 aromatic carbocycles. The molecule has 0 bridgehead atoms. The molecule has 0 atom stereocenters. The number of rotatable bonds is 4. The summed E-state index contributed by atoms with van der Waals surface area (Å²) >= 11 is 0. The summed E-state index contributed by atoms with van der Waals surface area (Å²) in [7, 11) is 0. The third-order valence-corrected chi connectivity index (χ3v) is 3.87. The minimum Gasteiger partial charge on any atom is -0.454 e. The molecule has 8 heteroatoms. The van der Waals surface area contributed by atoms with Gasteiger partial charge >= 0.3 is 5.97 Å². The van der Waals surface area contributed by atoms with Crippen LogP contribution in [0.4, 0.5) is 5.69 Å². The molecule has 0 saturated heterocycles. The van der Waals surface area contributed by atoms with Gasteiger partial charge < -0.3 is 14.2 Å². The molecule has 4 rings (SSSR count). The number of cyclic esters (lactones) is 1. The number of carbonyl (C=O) groups excluding carboxylic acids is 1. The second-order valence-corrected chi connectivity index (χ2v) is 5.63. The van der Waals surface area contributed by atoms with Gasteiger partial charge in [0.2, 0.25) is 12.7 Å². The number of nitro benzene ring substituents is 1. The van der Waals surface area contributed by atoms with E-state index in [0.717, 1.165) is 5.56 Å². The summed E-state index contributed by atoms with van der Waals surface area (Å²) in [5, 5.41) is 11.3. The minimum atomic E-state index is -0.685. The Morgan fingerprint density at radius 1 is 1.07 bits per heavy atom. The van der Waals surface area contributed by atoms with Gasteiger partial charge in [-0.2, -0.15) is 0 Å². The Kier molecular flexibility index (Phi) is 4.13. The number of ether oxygens (including phenoxy) is 3. The van der Waals surface area contributed by atoms with Crippen molar-refractivity contribution in [3.63, 3.8) is 0 Å². The number of carbonyl (C=O) groups is 1. The molecule has 0 radical (unpaired) electrons. The van der Waals surface area contributed by atoms with E-state index in [9.17, 15) is 14.9 Å². The van der Waals surface area contributed by atoms with Gasteiger partial charge in [0.15, 0.2) is 17.2 Å². The number of nitrogens with zero attached hydrogens (tertiary/aromatic N) is 2. The van der Waals surface area contributed by atoms with Crippen molar-refractivity contribution < 1.29 is 23.9 Å². The first-order valence-electron chi connectivity index (χ1n) is 7.94. The number of aliphatic imine (C=N–C) groups is 1. The van der Waals surface area contributed by atoms with Crippen LogP contribution in [0.15, 0.2) is 59.2 Å². The van der Waals surface area contributed by atoms with E-state index in [1.165, 1.54) is 18.2 Å². The van der Waals surface area contributed by atoms with Crippen molar-refractivity contribution >= 4 is 29.7 Å². The van der Waals surface area contributed by atoms with Crippen LogP contribution in [0.25, 0.3) is 12.2 Å². The van der Waals surface area contributed by atoms with E-state index in [1.54, 1.807) is 12.2 Å². The molecule has 0 saturated carbocycles. The fourth-order valence-electron chi connectivity index (χ4n) is 2.60. The maximum Gasteiger partial charge on any atom is 0.363 e. The Morgan fingerprint density at radius 3 is 2.56 bits per heavy atom. The lowest BCUT2D eigenvalue weighted by molar-refractivity contribution is -0.385. The van der Waals surface area contributed by atoms with Crippen molar-refractivity contribution in [3.8, 4) is 11.5 Å². The van der Waals surface area contributed by atoms with Gasteiger partial charge in [-0.25, -0.2) is 9.79 Å². The summed E-state index contributed by atoms with van der Waals surface area (Å²) in [6.45, 7) is -0.0128. The molecule has 8 nitrogen and oxygen atoms in total. The first-order chi connectivity index (χ1) is 13.1. The van der Waals surface area contributed by atoms with Crippen LogP contribution in [0.3, 0.4) is 0 Å². The zero-order valence-corrected chi connectivity index (χ0v) is 13.8. The van der Waals surface area contributed by atoms with Crippen LogP contribution in [-0.2, 0) is 9.53 Å². The van der Waals surface area contributed by atoms with Gasteiger partial charge in [-0.3, -0.25) is 10.1 Å². The van der Waals surface area contributed by atoms with E-state index in [2.05, 4.69) is 4.99 Å². The van der Waals surface area contributed by atoms with Gasteiger partial charge in [-0.1, -0.05) is 30.3 Å². The number of benzene rings is 2. The number of fused-ring (bicyclic) bond motifs is 1. The molecule has 27 heavy (non-hydrogen) atoms. The lowest BCUT2D eigenvalue weighted by Gasteiger charge is -2.01. The molecule has 0 unspecified atom stereocenters. The predicted octanol–water partition coefficient (Wildman–Crippen LogP) is 3.33. The number of esters is 1. The first-order valence-corrected chi connectivity index (χ1v) is 7.94. The third-order valence-electron chi connectivity index (χ3n) is 3.87. The Bertz CT molecular complexity index is 1020. The highest BCUT2D eigenvalue weighted by molar-refractivity contribution is 6.11. The van der Waals surface area contributed by atoms with E-state index in [4.69, 9.17) is 14.2 Å². The SMILES string of the molecule is O=C1OC(/C=C/c2ccccc2)=NC/1=C\c1cc2c(cc1[N+](=O)[O-])OCO2. The fraction of sp³-hybridized carbons (Fsp3) is 0.0526. The second kappa shape index (κ2) is 6.75. The molecular formula is C19H12N2O6. The lowest BCUT2D eigenvalue weighted by Crippen LogP contribution is -2.01. The molecule has 0 amide bonds. The van der Waals surface area contributed by atoms with Crippen molar-refractivity contribution in [2.75, 3.05) is 6.79 Å². The molecule has 0 N–H and O–H groups in total. The number of nitro groups is 1. The van der Waals surface area contributed by atoms with Crippen LogP contribution >= 0.6 is 0 Å². The third kappa shape index (κ3) is 3.40. The Labute approximate surface area is 153 Å². The Hall–Kier alpha value is -3.94. The fourth-order valence-corrected chi connectivity index (χ4v) is 2.60. The topological polar surface area (TPSA) is 100 Å². The van der Waals surface area contributed by atoms with Crippen LogP contribution in [0.2, 0.25) is 0 Å². The monoisotopic (exact) mass is 364 g/mol. The zero-order chi connectivity index (χ0) is 18.8. The van der Waals surface area contributed by atoms with Crippen LogP contribution in [0, 0.1) is 10.1 Å². The average molecular weight is 364 g/mol. The lowest BCUT2D eigenvalue weighted by atomic mass is 10.1. The Morgan fingerprint density at radius 2 is 1.81 bits per heavy atom. The maximum atomic E-state index is 12.1. The molecule has 0 spiro atoms. The van der Waals surface area contributed by atoms with Crippen molar-refractivity contribution in [2.24, 2.45) is 4.99 Å². The summed E-state index contributed by atoms with van der Waals surface area (Å²) in [5.41, 5.74) is 0.834. The van der Waals surface area contributed by atoms with E-state index < -0.39 is 10.9 Å². The zero-order valence-electron chi connectivity index (χ0n) is 13.8. The van der Waals surface area contributed by atoms with Gasteiger partial charge in [-0.15, -0.1) is 0 Å². The molecule has 2 aliphatic heterocycles. The van der Waals surface area contributed by atoms with Crippen LogP contribution < -0.4 is 9.47 Å². The predicted molar refractivity (Wildman–Crippen MR) is 96.2 cm³/mol. The van der Waals surface area contributed by atoms with E-state index in [1.807, 2.05) is 30.3 Å². The van der Waals surface area contributed by atoms with Crippen LogP contribution in [0.5, 0.6) is 11.5 Å². The van der Waals surface area contributed by atoms with E-state index in [0.29, 0.717) is 5.75 Å². The maximum absolute atomic E-state index is 12.1. The Balaban J connectivity index is 1.66. The summed E-state index contributed by atoms with van der Waals surface area (Å²) in [4.78, 5) is 26.9. The molecule has 0 aliphatic carbocycles. The molecule has 134 valence electrons. The van der Waals surface area contributed by atoms with Crippen LogP contribution in [-0.4, -0.2) is 23.6 Å². The van der Waals surface area contributed by atoms with Gasteiger partial charge in [0.25, 0.3) is 5.69 Å². The molecule has 2 aliphatic rings. The van der Waals surface area contributed by atoms with Crippen LogP contribution in [0.1, 0.15) is 11.1 Å². The van der Waals surface area contributed by atoms with Gasteiger partial charge in [0.1, 0.15) is 0 Å². The van der Waals surface area contributed by atoms with Crippen molar-refractivity contribution in [2.45, 2.75) is 0 Å². The largest absolute Gasteiger partial charge is 0.454 e. The van der Waals surface area contributed by atoms with Gasteiger partial charge in [0.05, 0.1) is 16.6 Å². The molecule has 0 aromatic heterocycles.